The summed E-state index contributed by atoms with van der Waals surface area (Å²) in [7, 11) is 0. The van der Waals surface area contributed by atoms with Gasteiger partial charge in [0.2, 0.25) is 11.8 Å². The molecule has 5 heteroatoms. The predicted molar refractivity (Wildman–Crippen MR) is 73.9 cm³/mol. The second-order valence-electron chi connectivity index (χ2n) is 5.24. The predicted octanol–water partition coefficient (Wildman–Crippen LogP) is 1.37. The summed E-state index contributed by atoms with van der Waals surface area (Å²) in [5.41, 5.74) is 0. The zero-order chi connectivity index (χ0) is 13.2. The Morgan fingerprint density at radius 1 is 1.16 bits per heavy atom. The van der Waals surface area contributed by atoms with Gasteiger partial charge in [-0.05, 0) is 24.3 Å². The fourth-order valence-electron chi connectivity index (χ4n) is 2.44. The standard InChI is InChI=1S/C14H18N2O2S/c17-13(10-12-2-1-9-19-12)15-5-7-16(8-6-15)14(18)11-3-4-11/h1-2,9,11H,3-8,10H2. The van der Waals surface area contributed by atoms with Crippen molar-refractivity contribution >= 4 is 23.2 Å². The maximum atomic E-state index is 12.1. The van der Waals surface area contributed by atoms with E-state index in [1.807, 2.05) is 27.3 Å². The van der Waals surface area contributed by atoms with Gasteiger partial charge in [-0.1, -0.05) is 6.07 Å². The molecule has 1 aliphatic carbocycles. The van der Waals surface area contributed by atoms with Crippen molar-refractivity contribution in [3.05, 3.63) is 22.4 Å². The summed E-state index contributed by atoms with van der Waals surface area (Å²) < 4.78 is 0. The molecule has 1 aliphatic heterocycles. The van der Waals surface area contributed by atoms with Crippen molar-refractivity contribution in [1.29, 1.82) is 0 Å². The highest BCUT2D eigenvalue weighted by atomic mass is 32.1. The summed E-state index contributed by atoms with van der Waals surface area (Å²) in [6.07, 6.45) is 2.60. The lowest BCUT2D eigenvalue weighted by Crippen LogP contribution is -2.51. The van der Waals surface area contributed by atoms with Crippen LogP contribution in [0.4, 0.5) is 0 Å². The second kappa shape index (κ2) is 5.33. The third-order valence-electron chi connectivity index (χ3n) is 3.78. The molecular formula is C14H18N2O2S. The summed E-state index contributed by atoms with van der Waals surface area (Å²) in [6, 6.07) is 3.97. The third-order valence-corrected chi connectivity index (χ3v) is 4.65. The van der Waals surface area contributed by atoms with E-state index in [0.717, 1.165) is 17.7 Å². The Labute approximate surface area is 117 Å². The Kier molecular flexibility index (Phi) is 3.55. The molecule has 4 nitrogen and oxygen atoms in total. The zero-order valence-electron chi connectivity index (χ0n) is 10.9. The normalized spacial score (nSPS) is 19.6. The van der Waals surface area contributed by atoms with Gasteiger partial charge in [-0.15, -0.1) is 11.3 Å². The third kappa shape index (κ3) is 2.97. The summed E-state index contributed by atoms with van der Waals surface area (Å²) in [5.74, 6) is 0.764. The van der Waals surface area contributed by atoms with Gasteiger partial charge in [0.1, 0.15) is 0 Å². The van der Waals surface area contributed by atoms with E-state index in [1.54, 1.807) is 11.3 Å². The lowest BCUT2D eigenvalue weighted by Gasteiger charge is -2.35. The van der Waals surface area contributed by atoms with E-state index in [4.69, 9.17) is 0 Å². The van der Waals surface area contributed by atoms with Crippen molar-refractivity contribution in [2.24, 2.45) is 5.92 Å². The van der Waals surface area contributed by atoms with Crippen LogP contribution >= 0.6 is 11.3 Å². The molecule has 1 saturated heterocycles. The van der Waals surface area contributed by atoms with E-state index in [-0.39, 0.29) is 11.8 Å². The molecule has 1 aromatic heterocycles. The van der Waals surface area contributed by atoms with Crippen LogP contribution in [-0.4, -0.2) is 47.8 Å². The Balaban J connectivity index is 1.49. The topological polar surface area (TPSA) is 40.6 Å². The van der Waals surface area contributed by atoms with E-state index < -0.39 is 0 Å². The van der Waals surface area contributed by atoms with Gasteiger partial charge >= 0.3 is 0 Å². The molecule has 0 unspecified atom stereocenters. The van der Waals surface area contributed by atoms with Crippen molar-refractivity contribution in [1.82, 2.24) is 9.80 Å². The second-order valence-corrected chi connectivity index (χ2v) is 6.27. The smallest absolute Gasteiger partial charge is 0.227 e. The van der Waals surface area contributed by atoms with Crippen molar-refractivity contribution in [3.8, 4) is 0 Å². The quantitative estimate of drug-likeness (QED) is 0.838. The Hall–Kier alpha value is -1.36. The highest BCUT2D eigenvalue weighted by molar-refractivity contribution is 7.10. The highest BCUT2D eigenvalue weighted by Gasteiger charge is 2.35. The van der Waals surface area contributed by atoms with E-state index >= 15 is 0 Å². The molecule has 19 heavy (non-hydrogen) atoms. The maximum absolute atomic E-state index is 12.1. The fraction of sp³-hybridized carbons (Fsp3) is 0.571. The van der Waals surface area contributed by atoms with Crippen LogP contribution in [0.15, 0.2) is 17.5 Å². The van der Waals surface area contributed by atoms with E-state index in [1.165, 1.54) is 0 Å². The minimum atomic E-state index is 0.181. The minimum Gasteiger partial charge on any atom is -0.339 e. The van der Waals surface area contributed by atoms with Crippen molar-refractivity contribution in [2.75, 3.05) is 26.2 Å². The number of hydrogen-bond donors (Lipinski definition) is 0. The molecule has 0 atom stereocenters. The van der Waals surface area contributed by atoms with Crippen molar-refractivity contribution in [2.45, 2.75) is 19.3 Å². The lowest BCUT2D eigenvalue weighted by atomic mass is 10.2. The molecule has 0 aromatic carbocycles. The molecule has 2 heterocycles. The first-order chi connectivity index (χ1) is 9.24. The number of thiophene rings is 1. The molecule has 3 rings (SSSR count). The average molecular weight is 278 g/mol. The van der Waals surface area contributed by atoms with Crippen LogP contribution in [0.5, 0.6) is 0 Å². The molecule has 2 aliphatic rings. The first-order valence-corrected chi connectivity index (χ1v) is 7.71. The van der Waals surface area contributed by atoms with Gasteiger partial charge in [0.05, 0.1) is 6.42 Å². The van der Waals surface area contributed by atoms with Gasteiger partial charge in [0.15, 0.2) is 0 Å². The van der Waals surface area contributed by atoms with Crippen LogP contribution in [0.3, 0.4) is 0 Å². The van der Waals surface area contributed by atoms with E-state index in [9.17, 15) is 9.59 Å². The number of carbonyl (C=O) groups is 2. The lowest BCUT2D eigenvalue weighted by molar-refractivity contribution is -0.139. The van der Waals surface area contributed by atoms with Crippen LogP contribution < -0.4 is 0 Å². The average Bonchev–Trinajstić information content (AvgIpc) is 3.17. The van der Waals surface area contributed by atoms with Crippen LogP contribution in [0.2, 0.25) is 0 Å². The monoisotopic (exact) mass is 278 g/mol. The summed E-state index contributed by atoms with van der Waals surface area (Å²) in [4.78, 5) is 29.0. The fourth-order valence-corrected chi connectivity index (χ4v) is 3.13. The first kappa shape index (κ1) is 12.7. The number of hydrogen-bond acceptors (Lipinski definition) is 3. The Morgan fingerprint density at radius 2 is 1.84 bits per heavy atom. The Morgan fingerprint density at radius 3 is 2.42 bits per heavy atom. The number of piperazine rings is 1. The molecule has 0 N–H and O–H groups in total. The minimum absolute atomic E-state index is 0.181. The maximum Gasteiger partial charge on any atom is 0.227 e. The summed E-state index contributed by atoms with van der Waals surface area (Å²) in [5, 5.41) is 1.99. The van der Waals surface area contributed by atoms with Crippen LogP contribution in [0.1, 0.15) is 17.7 Å². The van der Waals surface area contributed by atoms with Gasteiger partial charge in [0, 0.05) is 37.0 Å². The number of nitrogens with zero attached hydrogens (tertiary/aromatic N) is 2. The molecule has 2 fully saturated rings. The van der Waals surface area contributed by atoms with Gasteiger partial charge < -0.3 is 9.80 Å². The van der Waals surface area contributed by atoms with Crippen LogP contribution in [0.25, 0.3) is 0 Å². The van der Waals surface area contributed by atoms with Gasteiger partial charge in [0.25, 0.3) is 0 Å². The van der Waals surface area contributed by atoms with E-state index in [2.05, 4.69) is 0 Å². The SMILES string of the molecule is O=C(Cc1cccs1)N1CCN(C(=O)C2CC2)CC1. The number of rotatable bonds is 3. The van der Waals surface area contributed by atoms with Gasteiger partial charge in [-0.2, -0.15) is 0 Å². The first-order valence-electron chi connectivity index (χ1n) is 6.83. The molecular weight excluding hydrogens is 260 g/mol. The van der Waals surface area contributed by atoms with Crippen molar-refractivity contribution in [3.63, 3.8) is 0 Å². The molecule has 102 valence electrons. The molecule has 1 saturated carbocycles. The largest absolute Gasteiger partial charge is 0.339 e. The zero-order valence-corrected chi connectivity index (χ0v) is 11.7. The highest BCUT2D eigenvalue weighted by Crippen LogP contribution is 2.31. The van der Waals surface area contributed by atoms with Gasteiger partial charge in [-0.3, -0.25) is 9.59 Å². The summed E-state index contributed by atoms with van der Waals surface area (Å²) in [6.45, 7) is 2.77. The van der Waals surface area contributed by atoms with E-state index in [0.29, 0.717) is 38.5 Å². The molecule has 0 spiro atoms. The van der Waals surface area contributed by atoms with Crippen LogP contribution in [0, 0.1) is 5.92 Å². The molecule has 0 radical (unpaired) electrons. The Bertz CT molecular complexity index is 460. The molecule has 0 bridgehead atoms. The van der Waals surface area contributed by atoms with Gasteiger partial charge in [-0.25, -0.2) is 0 Å². The summed E-state index contributed by atoms with van der Waals surface area (Å²) >= 11 is 1.62. The molecule has 1 aromatic rings. The van der Waals surface area contributed by atoms with Crippen molar-refractivity contribution < 1.29 is 9.59 Å². The number of carbonyl (C=O) groups excluding carboxylic acids is 2. The number of amides is 2. The van der Waals surface area contributed by atoms with Crippen LogP contribution in [-0.2, 0) is 16.0 Å². The molecule has 2 amide bonds.